The molecule has 0 N–H and O–H groups in total. The molecular weight excluding hydrogens is 172 g/mol. The van der Waals surface area contributed by atoms with Gasteiger partial charge in [-0.25, -0.2) is 0 Å². The van der Waals surface area contributed by atoms with E-state index in [0.29, 0.717) is 0 Å². The van der Waals surface area contributed by atoms with E-state index in [-0.39, 0.29) is 5.78 Å². The molecule has 1 aromatic carbocycles. The molecule has 0 aromatic heterocycles. The van der Waals surface area contributed by atoms with Crippen LogP contribution in [0.4, 0.5) is 0 Å². The summed E-state index contributed by atoms with van der Waals surface area (Å²) < 4.78 is 0. The van der Waals surface area contributed by atoms with Gasteiger partial charge in [-0.05, 0) is 33.3 Å². The predicted octanol–water partition coefficient (Wildman–Crippen LogP) is 3.23. The summed E-state index contributed by atoms with van der Waals surface area (Å²) in [4.78, 5) is 10.9. The summed E-state index contributed by atoms with van der Waals surface area (Å²) in [6.45, 7) is 7.17. The van der Waals surface area contributed by atoms with E-state index in [0.717, 1.165) is 11.1 Å². The Labute approximate surface area is 86.2 Å². The molecule has 1 rings (SSSR count). The monoisotopic (exact) mass is 188 g/mol. The number of aryl methyl sites for hydroxylation is 1. The van der Waals surface area contributed by atoms with Gasteiger partial charge in [-0.15, -0.1) is 11.8 Å². The Morgan fingerprint density at radius 2 is 1.64 bits per heavy atom. The standard InChI is InChI=1S/C9H10O.C4H6/c1-7-5-3-4-6-9(7)8(2)10;1-3-4-2/h3-6H,1-2H3;1-2H3. The Kier molecular flexibility index (Phi) is 6.15. The van der Waals surface area contributed by atoms with E-state index in [1.807, 2.05) is 45.0 Å². The first-order valence-electron chi connectivity index (χ1n) is 4.53. The minimum Gasteiger partial charge on any atom is -0.295 e. The van der Waals surface area contributed by atoms with Gasteiger partial charge in [0.15, 0.2) is 5.78 Å². The number of ketones is 1. The van der Waals surface area contributed by atoms with Crippen LogP contribution in [0.25, 0.3) is 0 Å². The van der Waals surface area contributed by atoms with Gasteiger partial charge in [0.2, 0.25) is 0 Å². The number of hydrogen-bond acceptors (Lipinski definition) is 1. The third kappa shape index (κ3) is 4.47. The van der Waals surface area contributed by atoms with Crippen molar-refractivity contribution >= 4 is 5.78 Å². The van der Waals surface area contributed by atoms with Crippen molar-refractivity contribution < 1.29 is 4.79 Å². The summed E-state index contributed by atoms with van der Waals surface area (Å²) in [5.74, 6) is 5.50. The summed E-state index contributed by atoms with van der Waals surface area (Å²) in [5, 5.41) is 0. The van der Waals surface area contributed by atoms with Crippen LogP contribution in [0.5, 0.6) is 0 Å². The molecule has 0 saturated heterocycles. The first kappa shape index (κ1) is 12.4. The number of rotatable bonds is 1. The van der Waals surface area contributed by atoms with Crippen molar-refractivity contribution in [2.45, 2.75) is 27.7 Å². The van der Waals surface area contributed by atoms with E-state index >= 15 is 0 Å². The largest absolute Gasteiger partial charge is 0.295 e. The first-order valence-corrected chi connectivity index (χ1v) is 4.53. The van der Waals surface area contributed by atoms with E-state index in [2.05, 4.69) is 11.8 Å². The maximum absolute atomic E-state index is 10.9. The zero-order valence-electron chi connectivity index (χ0n) is 9.22. The average molecular weight is 188 g/mol. The van der Waals surface area contributed by atoms with Gasteiger partial charge in [-0.2, -0.15) is 0 Å². The molecule has 0 aliphatic heterocycles. The number of carbonyl (C=O) groups excluding carboxylic acids is 1. The van der Waals surface area contributed by atoms with E-state index in [4.69, 9.17) is 0 Å². The van der Waals surface area contributed by atoms with Gasteiger partial charge in [-0.3, -0.25) is 4.79 Å². The average Bonchev–Trinajstić information content (AvgIpc) is 2.18. The fourth-order valence-electron chi connectivity index (χ4n) is 0.968. The highest BCUT2D eigenvalue weighted by atomic mass is 16.1. The molecule has 0 radical (unpaired) electrons. The number of benzene rings is 1. The van der Waals surface area contributed by atoms with Crippen molar-refractivity contribution in [3.05, 3.63) is 35.4 Å². The van der Waals surface area contributed by atoms with E-state index in [1.165, 1.54) is 0 Å². The molecule has 0 bridgehead atoms. The normalized spacial score (nSPS) is 7.71. The molecule has 0 atom stereocenters. The molecule has 0 amide bonds. The van der Waals surface area contributed by atoms with Gasteiger partial charge < -0.3 is 0 Å². The molecule has 0 spiro atoms. The molecule has 74 valence electrons. The third-order valence-electron chi connectivity index (χ3n) is 1.77. The van der Waals surface area contributed by atoms with Crippen LogP contribution in [0.1, 0.15) is 36.7 Å². The molecule has 14 heavy (non-hydrogen) atoms. The van der Waals surface area contributed by atoms with E-state index < -0.39 is 0 Å². The highest BCUT2D eigenvalue weighted by Crippen LogP contribution is 2.06. The fourth-order valence-corrected chi connectivity index (χ4v) is 0.968. The number of carbonyl (C=O) groups is 1. The van der Waals surface area contributed by atoms with Gasteiger partial charge in [-0.1, -0.05) is 24.3 Å². The quantitative estimate of drug-likeness (QED) is 0.488. The lowest BCUT2D eigenvalue weighted by Crippen LogP contribution is -1.93. The highest BCUT2D eigenvalue weighted by Gasteiger charge is 1.99. The lowest BCUT2D eigenvalue weighted by atomic mass is 10.1. The summed E-state index contributed by atoms with van der Waals surface area (Å²) >= 11 is 0. The summed E-state index contributed by atoms with van der Waals surface area (Å²) in [7, 11) is 0. The van der Waals surface area contributed by atoms with Gasteiger partial charge >= 0.3 is 0 Å². The van der Waals surface area contributed by atoms with Crippen LogP contribution in [0, 0.1) is 18.8 Å². The summed E-state index contributed by atoms with van der Waals surface area (Å²) in [6.07, 6.45) is 0. The van der Waals surface area contributed by atoms with Crippen molar-refractivity contribution in [3.63, 3.8) is 0 Å². The second-order valence-corrected chi connectivity index (χ2v) is 2.87. The van der Waals surface area contributed by atoms with Gasteiger partial charge in [0, 0.05) is 5.56 Å². The summed E-state index contributed by atoms with van der Waals surface area (Å²) in [6, 6.07) is 7.60. The van der Waals surface area contributed by atoms with Crippen LogP contribution < -0.4 is 0 Å². The van der Waals surface area contributed by atoms with Crippen molar-refractivity contribution in [3.8, 4) is 11.8 Å². The second kappa shape index (κ2) is 6.91. The second-order valence-electron chi connectivity index (χ2n) is 2.87. The number of Topliss-reactive ketones (excluding diaryl/α,β-unsaturated/α-hetero) is 1. The Bertz CT molecular complexity index is 347. The van der Waals surface area contributed by atoms with Crippen LogP contribution in [0.3, 0.4) is 0 Å². The SMILES string of the molecule is CC#CC.CC(=O)c1ccccc1C. The molecule has 0 aliphatic carbocycles. The van der Waals surface area contributed by atoms with E-state index in [9.17, 15) is 4.79 Å². The third-order valence-corrected chi connectivity index (χ3v) is 1.77. The van der Waals surface area contributed by atoms with Gasteiger partial charge in [0.05, 0.1) is 0 Å². The van der Waals surface area contributed by atoms with Crippen molar-refractivity contribution in [2.24, 2.45) is 0 Å². The van der Waals surface area contributed by atoms with Crippen molar-refractivity contribution in [1.82, 2.24) is 0 Å². The van der Waals surface area contributed by atoms with Gasteiger partial charge in [0.1, 0.15) is 0 Å². The first-order chi connectivity index (χ1) is 6.63. The maximum atomic E-state index is 10.9. The zero-order valence-corrected chi connectivity index (χ0v) is 9.22. The lowest BCUT2D eigenvalue weighted by Gasteiger charge is -1.97. The van der Waals surface area contributed by atoms with Crippen LogP contribution in [-0.2, 0) is 0 Å². The number of hydrogen-bond donors (Lipinski definition) is 0. The van der Waals surface area contributed by atoms with Gasteiger partial charge in [0.25, 0.3) is 0 Å². The summed E-state index contributed by atoms with van der Waals surface area (Å²) in [5.41, 5.74) is 1.87. The van der Waals surface area contributed by atoms with Crippen LogP contribution in [-0.4, -0.2) is 5.78 Å². The van der Waals surface area contributed by atoms with Crippen LogP contribution >= 0.6 is 0 Å². The molecule has 0 aliphatic rings. The molecule has 0 saturated carbocycles. The molecule has 1 nitrogen and oxygen atoms in total. The minimum absolute atomic E-state index is 0.137. The topological polar surface area (TPSA) is 17.1 Å². The Morgan fingerprint density at radius 3 is 1.93 bits per heavy atom. The maximum Gasteiger partial charge on any atom is 0.160 e. The lowest BCUT2D eigenvalue weighted by molar-refractivity contribution is 0.101. The van der Waals surface area contributed by atoms with Crippen LogP contribution in [0.15, 0.2) is 24.3 Å². The molecule has 0 fully saturated rings. The van der Waals surface area contributed by atoms with Crippen molar-refractivity contribution in [1.29, 1.82) is 0 Å². The fraction of sp³-hybridized carbons (Fsp3) is 0.308. The van der Waals surface area contributed by atoms with E-state index in [1.54, 1.807) is 6.92 Å². The molecular formula is C13H16O. The molecule has 1 aromatic rings. The minimum atomic E-state index is 0.137. The Balaban J connectivity index is 0.000000364. The Morgan fingerprint density at radius 1 is 1.14 bits per heavy atom. The smallest absolute Gasteiger partial charge is 0.160 e. The molecule has 0 heterocycles. The molecule has 0 unspecified atom stereocenters. The highest BCUT2D eigenvalue weighted by molar-refractivity contribution is 5.95. The Hall–Kier alpha value is -1.55. The predicted molar refractivity (Wildman–Crippen MR) is 60.3 cm³/mol. The van der Waals surface area contributed by atoms with Crippen molar-refractivity contribution in [2.75, 3.05) is 0 Å². The zero-order chi connectivity index (χ0) is 11.0. The molecule has 1 heteroatoms. The van der Waals surface area contributed by atoms with Crippen LogP contribution in [0.2, 0.25) is 0 Å².